The van der Waals surface area contributed by atoms with Gasteiger partial charge in [0.1, 0.15) is 13.2 Å². The SMILES string of the molecule is CNC(c1ccc2c(c1)OCCO2)c1cscn1. The lowest BCUT2D eigenvalue weighted by molar-refractivity contribution is 0.171. The molecule has 2 aromatic rings. The smallest absolute Gasteiger partial charge is 0.161 e. The molecule has 0 radical (unpaired) electrons. The van der Waals surface area contributed by atoms with Crippen LogP contribution in [0.4, 0.5) is 0 Å². The van der Waals surface area contributed by atoms with Crippen molar-refractivity contribution in [3.63, 3.8) is 0 Å². The van der Waals surface area contributed by atoms with Gasteiger partial charge in [0.2, 0.25) is 0 Å². The summed E-state index contributed by atoms with van der Waals surface area (Å²) in [6.45, 7) is 1.23. The van der Waals surface area contributed by atoms with E-state index in [1.807, 2.05) is 30.8 Å². The Morgan fingerprint density at radius 2 is 2.11 bits per heavy atom. The van der Waals surface area contributed by atoms with E-state index in [9.17, 15) is 0 Å². The summed E-state index contributed by atoms with van der Waals surface area (Å²) in [5, 5.41) is 5.33. The summed E-state index contributed by atoms with van der Waals surface area (Å²) in [7, 11) is 1.93. The van der Waals surface area contributed by atoms with Gasteiger partial charge in [0.15, 0.2) is 11.5 Å². The molecule has 0 fully saturated rings. The second-order valence-corrected chi connectivity index (χ2v) is 4.76. The van der Waals surface area contributed by atoms with Crippen molar-refractivity contribution < 1.29 is 9.47 Å². The van der Waals surface area contributed by atoms with Crippen LogP contribution in [0.3, 0.4) is 0 Å². The summed E-state index contributed by atoms with van der Waals surface area (Å²) in [5.74, 6) is 1.63. The summed E-state index contributed by atoms with van der Waals surface area (Å²) in [6, 6.07) is 6.12. The molecule has 0 aliphatic carbocycles. The van der Waals surface area contributed by atoms with Gasteiger partial charge in [0, 0.05) is 5.38 Å². The van der Waals surface area contributed by atoms with Crippen molar-refractivity contribution in [1.82, 2.24) is 10.3 Å². The molecule has 2 heterocycles. The van der Waals surface area contributed by atoms with Crippen LogP contribution in [0.1, 0.15) is 17.3 Å². The fourth-order valence-electron chi connectivity index (χ4n) is 2.09. The van der Waals surface area contributed by atoms with Gasteiger partial charge >= 0.3 is 0 Å². The van der Waals surface area contributed by atoms with Crippen molar-refractivity contribution >= 4 is 11.3 Å². The minimum Gasteiger partial charge on any atom is -0.486 e. The molecule has 1 N–H and O–H groups in total. The Morgan fingerprint density at radius 3 is 2.83 bits per heavy atom. The van der Waals surface area contributed by atoms with Crippen LogP contribution >= 0.6 is 11.3 Å². The molecule has 0 amide bonds. The number of benzene rings is 1. The van der Waals surface area contributed by atoms with Crippen LogP contribution < -0.4 is 14.8 Å². The predicted octanol–water partition coefficient (Wildman–Crippen LogP) is 2.22. The number of aromatic nitrogens is 1. The van der Waals surface area contributed by atoms with E-state index in [0.717, 1.165) is 22.8 Å². The first-order valence-electron chi connectivity index (χ1n) is 5.83. The van der Waals surface area contributed by atoms with Crippen LogP contribution in [0.25, 0.3) is 0 Å². The molecule has 5 heteroatoms. The minimum absolute atomic E-state index is 0.0899. The molecule has 18 heavy (non-hydrogen) atoms. The van der Waals surface area contributed by atoms with Gasteiger partial charge < -0.3 is 14.8 Å². The van der Waals surface area contributed by atoms with Crippen molar-refractivity contribution in [1.29, 1.82) is 0 Å². The maximum absolute atomic E-state index is 5.61. The van der Waals surface area contributed by atoms with E-state index < -0.39 is 0 Å². The molecule has 94 valence electrons. The van der Waals surface area contributed by atoms with Crippen LogP contribution in [0.5, 0.6) is 11.5 Å². The number of nitrogens with one attached hydrogen (secondary N) is 1. The first kappa shape index (κ1) is 11.5. The maximum atomic E-state index is 5.61. The quantitative estimate of drug-likeness (QED) is 0.921. The Hall–Kier alpha value is -1.59. The highest BCUT2D eigenvalue weighted by Gasteiger charge is 2.18. The molecule has 0 saturated heterocycles. The van der Waals surface area contributed by atoms with Crippen molar-refractivity contribution in [2.75, 3.05) is 20.3 Å². The van der Waals surface area contributed by atoms with E-state index >= 15 is 0 Å². The molecule has 1 unspecified atom stereocenters. The number of hydrogen-bond donors (Lipinski definition) is 1. The first-order chi connectivity index (χ1) is 8.88. The lowest BCUT2D eigenvalue weighted by atomic mass is 10.0. The topological polar surface area (TPSA) is 43.4 Å². The molecular weight excluding hydrogens is 248 g/mol. The van der Waals surface area contributed by atoms with Crippen molar-refractivity contribution in [2.24, 2.45) is 0 Å². The standard InChI is InChI=1S/C13H14N2O2S/c1-14-13(10-7-18-8-15-10)9-2-3-11-12(6-9)17-5-4-16-11/h2-3,6-8,13-14H,4-5H2,1H3. The summed E-state index contributed by atoms with van der Waals surface area (Å²) >= 11 is 1.60. The summed E-state index contributed by atoms with van der Waals surface area (Å²) in [5.41, 5.74) is 4.00. The van der Waals surface area contributed by atoms with Gasteiger partial charge in [-0.3, -0.25) is 0 Å². The summed E-state index contributed by atoms with van der Waals surface area (Å²) < 4.78 is 11.1. The average molecular weight is 262 g/mol. The number of fused-ring (bicyclic) bond motifs is 1. The Kier molecular flexibility index (Phi) is 3.17. The van der Waals surface area contributed by atoms with E-state index in [1.54, 1.807) is 11.3 Å². The minimum atomic E-state index is 0.0899. The average Bonchev–Trinajstić information content (AvgIpc) is 2.93. The highest BCUT2D eigenvalue weighted by Crippen LogP contribution is 2.34. The van der Waals surface area contributed by atoms with Gasteiger partial charge in [-0.15, -0.1) is 11.3 Å². The maximum Gasteiger partial charge on any atom is 0.161 e. The number of thiazole rings is 1. The fourth-order valence-corrected chi connectivity index (χ4v) is 2.67. The number of ether oxygens (including phenoxy) is 2. The molecule has 1 aromatic carbocycles. The van der Waals surface area contributed by atoms with E-state index in [4.69, 9.17) is 9.47 Å². The van der Waals surface area contributed by atoms with Gasteiger partial charge in [0.25, 0.3) is 0 Å². The normalized spacial score (nSPS) is 15.4. The first-order valence-corrected chi connectivity index (χ1v) is 6.77. The molecule has 3 rings (SSSR count). The van der Waals surface area contributed by atoms with Crippen LogP contribution in [0, 0.1) is 0 Å². The zero-order valence-electron chi connectivity index (χ0n) is 10.1. The third-order valence-electron chi connectivity index (χ3n) is 2.94. The fraction of sp³-hybridized carbons (Fsp3) is 0.308. The highest BCUT2D eigenvalue weighted by molar-refractivity contribution is 7.07. The third kappa shape index (κ3) is 2.07. The zero-order valence-corrected chi connectivity index (χ0v) is 10.9. The highest BCUT2D eigenvalue weighted by atomic mass is 32.1. The predicted molar refractivity (Wildman–Crippen MR) is 70.4 cm³/mol. The van der Waals surface area contributed by atoms with E-state index in [0.29, 0.717) is 13.2 Å². The van der Waals surface area contributed by atoms with Crippen molar-refractivity contribution in [2.45, 2.75) is 6.04 Å². The molecule has 1 aromatic heterocycles. The van der Waals surface area contributed by atoms with Crippen LogP contribution in [0.2, 0.25) is 0 Å². The number of rotatable bonds is 3. The monoisotopic (exact) mass is 262 g/mol. The lowest BCUT2D eigenvalue weighted by Crippen LogP contribution is -2.19. The van der Waals surface area contributed by atoms with Gasteiger partial charge in [-0.25, -0.2) is 4.98 Å². The van der Waals surface area contributed by atoms with E-state index in [-0.39, 0.29) is 6.04 Å². The van der Waals surface area contributed by atoms with Gasteiger partial charge in [0.05, 0.1) is 17.2 Å². The Balaban J connectivity index is 1.95. The third-order valence-corrected chi connectivity index (χ3v) is 3.54. The van der Waals surface area contributed by atoms with Crippen molar-refractivity contribution in [3.8, 4) is 11.5 Å². The second kappa shape index (κ2) is 4.96. The number of nitrogens with zero attached hydrogens (tertiary/aromatic N) is 1. The van der Waals surface area contributed by atoms with Crippen LogP contribution in [-0.2, 0) is 0 Å². The van der Waals surface area contributed by atoms with Crippen molar-refractivity contribution in [3.05, 3.63) is 40.3 Å². The van der Waals surface area contributed by atoms with Crippen LogP contribution in [-0.4, -0.2) is 25.2 Å². The second-order valence-electron chi connectivity index (χ2n) is 4.04. The van der Waals surface area contributed by atoms with Gasteiger partial charge in [-0.2, -0.15) is 0 Å². The van der Waals surface area contributed by atoms with Crippen LogP contribution in [0.15, 0.2) is 29.1 Å². The molecule has 1 aliphatic rings. The molecule has 4 nitrogen and oxygen atoms in total. The Morgan fingerprint density at radius 1 is 1.28 bits per heavy atom. The Labute approximate surface area is 110 Å². The van der Waals surface area contributed by atoms with Gasteiger partial charge in [-0.05, 0) is 24.7 Å². The molecule has 0 spiro atoms. The van der Waals surface area contributed by atoms with E-state index in [2.05, 4.69) is 15.7 Å². The summed E-state index contributed by atoms with van der Waals surface area (Å²) in [6.07, 6.45) is 0. The largest absolute Gasteiger partial charge is 0.486 e. The Bertz CT molecular complexity index is 528. The van der Waals surface area contributed by atoms with Gasteiger partial charge in [-0.1, -0.05) is 6.07 Å². The lowest BCUT2D eigenvalue weighted by Gasteiger charge is -2.21. The number of hydrogen-bond acceptors (Lipinski definition) is 5. The molecule has 1 aliphatic heterocycles. The summed E-state index contributed by atoms with van der Waals surface area (Å²) in [4.78, 5) is 4.36. The zero-order chi connectivity index (χ0) is 12.4. The molecule has 0 bridgehead atoms. The molecule has 1 atom stereocenters. The van der Waals surface area contributed by atoms with E-state index in [1.165, 1.54) is 0 Å². The molecular formula is C13H14N2O2S. The molecule has 0 saturated carbocycles.